The third kappa shape index (κ3) is 6.97. The molecule has 1 atom stereocenters. The normalized spacial score (nSPS) is 12.5. The number of hydrogen-bond donors (Lipinski definition) is 1. The van der Waals surface area contributed by atoms with Crippen molar-refractivity contribution in [3.63, 3.8) is 0 Å². The first-order chi connectivity index (χ1) is 17.1. The van der Waals surface area contributed by atoms with Crippen molar-refractivity contribution in [1.29, 1.82) is 0 Å². The van der Waals surface area contributed by atoms with Crippen LogP contribution in [0.4, 0.5) is 4.39 Å². The number of ether oxygens (including phenoxy) is 2. The molecule has 190 valence electrons. The van der Waals surface area contributed by atoms with Gasteiger partial charge in [0.15, 0.2) is 0 Å². The molecule has 0 unspecified atom stereocenters. The summed E-state index contributed by atoms with van der Waals surface area (Å²) in [7, 11) is 1.57. The van der Waals surface area contributed by atoms with Crippen LogP contribution in [-0.4, -0.2) is 18.2 Å². The molecule has 3 aromatic rings. The second-order valence-electron chi connectivity index (χ2n) is 9.87. The van der Waals surface area contributed by atoms with Gasteiger partial charge in [0.2, 0.25) is 0 Å². The van der Waals surface area contributed by atoms with E-state index in [4.69, 9.17) is 9.47 Å². The Balaban J connectivity index is 1.84. The van der Waals surface area contributed by atoms with Gasteiger partial charge >= 0.3 is 5.97 Å². The summed E-state index contributed by atoms with van der Waals surface area (Å²) in [4.78, 5) is 11.3. The number of halogens is 1. The van der Waals surface area contributed by atoms with Crippen LogP contribution in [-0.2, 0) is 16.8 Å². The molecule has 0 saturated heterocycles. The molecule has 3 rings (SSSR count). The Labute approximate surface area is 213 Å². The van der Waals surface area contributed by atoms with Crippen molar-refractivity contribution in [2.24, 2.45) is 0 Å². The van der Waals surface area contributed by atoms with Crippen molar-refractivity contribution < 1.29 is 23.8 Å². The molecular formula is C31H35FO4. The van der Waals surface area contributed by atoms with Crippen molar-refractivity contribution in [3.05, 3.63) is 95.3 Å². The van der Waals surface area contributed by atoms with Crippen molar-refractivity contribution in [3.8, 4) is 22.6 Å². The average Bonchev–Trinajstić information content (AvgIpc) is 2.85. The fraction of sp³-hybridized carbons (Fsp3) is 0.323. The van der Waals surface area contributed by atoms with Crippen LogP contribution in [0.2, 0.25) is 0 Å². The smallest absolute Gasteiger partial charge is 0.304 e. The van der Waals surface area contributed by atoms with Crippen LogP contribution >= 0.6 is 0 Å². The summed E-state index contributed by atoms with van der Waals surface area (Å²) in [5, 5.41) is 9.24. The maximum Gasteiger partial charge on any atom is 0.304 e. The van der Waals surface area contributed by atoms with Gasteiger partial charge < -0.3 is 14.6 Å². The highest BCUT2D eigenvalue weighted by molar-refractivity contribution is 5.71. The molecule has 0 aliphatic carbocycles. The van der Waals surface area contributed by atoms with Crippen LogP contribution < -0.4 is 9.47 Å². The number of rotatable bonds is 10. The molecular weight excluding hydrogens is 455 g/mol. The predicted molar refractivity (Wildman–Crippen MR) is 142 cm³/mol. The summed E-state index contributed by atoms with van der Waals surface area (Å²) in [6, 6.07) is 18.3. The second-order valence-corrected chi connectivity index (χ2v) is 9.87. The molecule has 0 aromatic heterocycles. The van der Waals surface area contributed by atoms with Crippen LogP contribution in [0.1, 0.15) is 63.1 Å². The molecule has 36 heavy (non-hydrogen) atoms. The summed E-state index contributed by atoms with van der Waals surface area (Å²) in [5.41, 5.74) is 4.01. The topological polar surface area (TPSA) is 55.8 Å². The number of carboxylic acids is 1. The lowest BCUT2D eigenvalue weighted by atomic mass is 9.81. The number of carbonyl (C=O) groups is 1. The number of methoxy groups -OCH3 is 1. The predicted octanol–water partition coefficient (Wildman–Crippen LogP) is 7.90. The molecule has 5 heteroatoms. The number of carboxylic acid groups (broad SMARTS) is 1. The van der Waals surface area contributed by atoms with Gasteiger partial charge in [0.1, 0.15) is 23.9 Å². The summed E-state index contributed by atoms with van der Waals surface area (Å²) in [5.74, 6) is -0.0305. The van der Waals surface area contributed by atoms with Gasteiger partial charge in [-0.15, -0.1) is 0 Å². The lowest BCUT2D eigenvalue weighted by Gasteiger charge is -2.24. The van der Waals surface area contributed by atoms with Gasteiger partial charge in [-0.2, -0.15) is 0 Å². The minimum absolute atomic E-state index is 0.0421. The zero-order valence-electron chi connectivity index (χ0n) is 21.7. The lowest BCUT2D eigenvalue weighted by molar-refractivity contribution is -0.137. The van der Waals surface area contributed by atoms with E-state index in [1.54, 1.807) is 19.2 Å². The van der Waals surface area contributed by atoms with Crippen molar-refractivity contribution in [2.45, 2.75) is 58.5 Å². The van der Waals surface area contributed by atoms with Crippen LogP contribution in [0.25, 0.3) is 11.1 Å². The summed E-state index contributed by atoms with van der Waals surface area (Å²) < 4.78 is 26.2. The molecule has 0 fully saturated rings. The number of aliphatic carboxylic acids is 1. The SMILES string of the molecule is CC/C=C\[C@@H](CC(=O)O)c1ccc(OCc2ccc(C(C)(C)C)c(-c3cc(OC)ccc3F)c2)cc1. The molecule has 0 heterocycles. The quantitative estimate of drug-likeness (QED) is 0.294. The molecule has 0 amide bonds. The van der Waals surface area contributed by atoms with Crippen LogP contribution in [0.3, 0.4) is 0 Å². The molecule has 0 saturated carbocycles. The number of benzene rings is 3. The molecule has 0 aliphatic rings. The maximum absolute atomic E-state index is 14.9. The Morgan fingerprint density at radius 1 is 1.00 bits per heavy atom. The zero-order valence-corrected chi connectivity index (χ0v) is 21.7. The van der Waals surface area contributed by atoms with Gasteiger partial charge in [-0.05, 0) is 70.5 Å². The molecule has 0 aliphatic heterocycles. The Hall–Kier alpha value is -3.60. The Kier molecular flexibility index (Phi) is 8.92. The Bertz CT molecular complexity index is 1210. The van der Waals surface area contributed by atoms with Gasteiger partial charge in [0, 0.05) is 11.5 Å². The summed E-state index contributed by atoms with van der Waals surface area (Å²) in [6.45, 7) is 8.66. The second kappa shape index (κ2) is 11.9. The van der Waals surface area contributed by atoms with E-state index in [1.807, 2.05) is 61.5 Å². The van der Waals surface area contributed by atoms with Crippen molar-refractivity contribution >= 4 is 5.97 Å². The van der Waals surface area contributed by atoms with Gasteiger partial charge in [-0.25, -0.2) is 4.39 Å². The van der Waals surface area contributed by atoms with Gasteiger partial charge in [0.05, 0.1) is 13.5 Å². The number of allylic oxidation sites excluding steroid dienone is 2. The first-order valence-corrected chi connectivity index (χ1v) is 12.2. The zero-order chi connectivity index (χ0) is 26.3. The van der Waals surface area contributed by atoms with Crippen LogP contribution in [0, 0.1) is 5.82 Å². The van der Waals surface area contributed by atoms with Crippen LogP contribution in [0.15, 0.2) is 72.8 Å². The molecule has 0 bridgehead atoms. The monoisotopic (exact) mass is 490 g/mol. The van der Waals surface area contributed by atoms with E-state index in [2.05, 4.69) is 20.8 Å². The van der Waals surface area contributed by atoms with E-state index in [0.717, 1.165) is 28.7 Å². The summed E-state index contributed by atoms with van der Waals surface area (Å²) >= 11 is 0. The Morgan fingerprint density at radius 3 is 2.31 bits per heavy atom. The highest BCUT2D eigenvalue weighted by Gasteiger charge is 2.21. The fourth-order valence-electron chi connectivity index (χ4n) is 4.16. The van der Waals surface area contributed by atoms with Gasteiger partial charge in [0.25, 0.3) is 0 Å². The summed E-state index contributed by atoms with van der Waals surface area (Å²) in [6.07, 6.45) is 4.83. The minimum atomic E-state index is -0.830. The molecule has 4 nitrogen and oxygen atoms in total. The number of hydrogen-bond acceptors (Lipinski definition) is 3. The maximum atomic E-state index is 14.9. The van der Waals surface area contributed by atoms with Gasteiger partial charge in [-0.3, -0.25) is 4.79 Å². The minimum Gasteiger partial charge on any atom is -0.497 e. The fourth-order valence-corrected chi connectivity index (χ4v) is 4.16. The average molecular weight is 491 g/mol. The lowest BCUT2D eigenvalue weighted by Crippen LogP contribution is -2.13. The Morgan fingerprint density at radius 2 is 1.69 bits per heavy atom. The third-order valence-corrected chi connectivity index (χ3v) is 6.07. The van der Waals surface area contributed by atoms with E-state index in [-0.39, 0.29) is 23.6 Å². The van der Waals surface area contributed by atoms with Crippen LogP contribution in [0.5, 0.6) is 11.5 Å². The molecule has 1 N–H and O–H groups in total. The van der Waals surface area contributed by atoms with E-state index < -0.39 is 5.97 Å². The van der Waals surface area contributed by atoms with Gasteiger partial charge in [-0.1, -0.05) is 64.1 Å². The first kappa shape index (κ1) is 27.0. The van der Waals surface area contributed by atoms with E-state index in [0.29, 0.717) is 23.7 Å². The van der Waals surface area contributed by atoms with E-state index in [9.17, 15) is 14.3 Å². The highest BCUT2D eigenvalue weighted by Crippen LogP contribution is 2.37. The third-order valence-electron chi connectivity index (χ3n) is 6.07. The highest BCUT2D eigenvalue weighted by atomic mass is 19.1. The molecule has 3 aromatic carbocycles. The van der Waals surface area contributed by atoms with E-state index in [1.165, 1.54) is 6.07 Å². The van der Waals surface area contributed by atoms with E-state index >= 15 is 0 Å². The standard InChI is InChI=1S/C31H35FO4/c1-6-7-8-23(18-30(33)34)22-10-12-24(13-11-22)36-20-21-9-15-28(31(2,3)4)26(17-21)27-19-25(35-5)14-16-29(27)32/h7-17,19,23H,6,18,20H2,1-5H3,(H,33,34)/b8-7-/t23-/m0/s1. The first-order valence-electron chi connectivity index (χ1n) is 12.2. The van der Waals surface area contributed by atoms with Crippen molar-refractivity contribution in [1.82, 2.24) is 0 Å². The molecule has 0 spiro atoms. The van der Waals surface area contributed by atoms with Crippen molar-refractivity contribution in [2.75, 3.05) is 7.11 Å². The largest absolute Gasteiger partial charge is 0.497 e. The molecule has 0 radical (unpaired) electrons.